The van der Waals surface area contributed by atoms with Gasteiger partial charge in [-0.1, -0.05) is 31.5 Å². The van der Waals surface area contributed by atoms with Crippen LogP contribution in [-0.4, -0.2) is 87.6 Å². The Morgan fingerprint density at radius 2 is 1.79 bits per heavy atom. The van der Waals surface area contributed by atoms with E-state index in [0.29, 0.717) is 39.1 Å². The molecule has 2 rings (SSSR count). The highest BCUT2D eigenvalue weighted by Gasteiger charge is 2.32. The number of carbonyl (C=O) groups is 2. The van der Waals surface area contributed by atoms with Crippen LogP contribution in [-0.2, 0) is 24.3 Å². The molecule has 0 spiro atoms. The molecule has 1 atom stereocenters. The minimum absolute atomic E-state index is 0.0910. The van der Waals surface area contributed by atoms with Crippen LogP contribution in [0.1, 0.15) is 40.5 Å². The normalized spacial score (nSPS) is 16.2. The standard InChI is InChI=1S/C23H38N4O5S/c1-5-9-20(22(29)25-23(2,3)4)27(13-12-26-14-16-32-17-15-26)21(28)18-24-33(30,31)19-10-7-6-8-11-19/h6-8,10-11,20,24H,5,9,12-18H2,1-4H3,(H,25,29). The van der Waals surface area contributed by atoms with Crippen molar-refractivity contribution in [2.45, 2.75) is 57.0 Å². The number of nitrogens with one attached hydrogen (secondary N) is 2. The van der Waals surface area contributed by atoms with Crippen LogP contribution >= 0.6 is 0 Å². The summed E-state index contributed by atoms with van der Waals surface area (Å²) in [5.74, 6) is -0.657. The molecule has 1 aliphatic heterocycles. The van der Waals surface area contributed by atoms with Gasteiger partial charge in [0.15, 0.2) is 0 Å². The van der Waals surface area contributed by atoms with Gasteiger partial charge in [0, 0.05) is 31.7 Å². The molecule has 186 valence electrons. The van der Waals surface area contributed by atoms with Crippen LogP contribution in [0.4, 0.5) is 0 Å². The van der Waals surface area contributed by atoms with Crippen LogP contribution in [0.25, 0.3) is 0 Å². The van der Waals surface area contributed by atoms with Crippen molar-refractivity contribution < 1.29 is 22.7 Å². The second kappa shape index (κ2) is 12.5. The van der Waals surface area contributed by atoms with Gasteiger partial charge < -0.3 is 15.0 Å². The number of nitrogens with zero attached hydrogens (tertiary/aromatic N) is 2. The van der Waals surface area contributed by atoms with Crippen molar-refractivity contribution in [3.05, 3.63) is 30.3 Å². The summed E-state index contributed by atoms with van der Waals surface area (Å²) in [5.41, 5.74) is -0.448. The number of carbonyl (C=O) groups excluding carboxylic acids is 2. The molecule has 9 nitrogen and oxygen atoms in total. The van der Waals surface area contributed by atoms with Crippen molar-refractivity contribution in [3.63, 3.8) is 0 Å². The largest absolute Gasteiger partial charge is 0.379 e. The molecule has 0 aromatic heterocycles. The molecule has 1 saturated heterocycles. The van der Waals surface area contributed by atoms with Crippen molar-refractivity contribution in [1.29, 1.82) is 0 Å². The van der Waals surface area contributed by atoms with Crippen LogP contribution < -0.4 is 10.0 Å². The van der Waals surface area contributed by atoms with Crippen molar-refractivity contribution in [2.24, 2.45) is 0 Å². The number of sulfonamides is 1. The predicted octanol–water partition coefficient (Wildman–Crippen LogP) is 1.21. The molecule has 33 heavy (non-hydrogen) atoms. The molecule has 1 aromatic rings. The van der Waals surface area contributed by atoms with Gasteiger partial charge in [0.05, 0.1) is 24.7 Å². The fourth-order valence-electron chi connectivity index (χ4n) is 3.62. The predicted molar refractivity (Wildman–Crippen MR) is 127 cm³/mol. The third-order valence-electron chi connectivity index (χ3n) is 5.29. The van der Waals surface area contributed by atoms with E-state index in [2.05, 4.69) is 14.9 Å². The highest BCUT2D eigenvalue weighted by atomic mass is 32.2. The molecule has 0 radical (unpaired) electrons. The van der Waals surface area contributed by atoms with E-state index in [0.717, 1.165) is 13.1 Å². The average molecular weight is 483 g/mol. The molecule has 1 heterocycles. The molecule has 0 saturated carbocycles. The van der Waals surface area contributed by atoms with E-state index in [9.17, 15) is 18.0 Å². The lowest BCUT2D eigenvalue weighted by Gasteiger charge is -2.35. The summed E-state index contributed by atoms with van der Waals surface area (Å²) in [6, 6.07) is 7.24. The molecular formula is C23H38N4O5S. The van der Waals surface area contributed by atoms with Crippen LogP contribution in [0.2, 0.25) is 0 Å². The van der Waals surface area contributed by atoms with Crippen LogP contribution in [0.15, 0.2) is 35.2 Å². The molecule has 1 aromatic carbocycles. The SMILES string of the molecule is CCCC(C(=O)NC(C)(C)C)N(CCN1CCOCC1)C(=O)CNS(=O)(=O)c1ccccc1. The van der Waals surface area contributed by atoms with Gasteiger partial charge in [0.1, 0.15) is 6.04 Å². The fraction of sp³-hybridized carbons (Fsp3) is 0.652. The topological polar surface area (TPSA) is 108 Å². The number of amides is 2. The maximum atomic E-state index is 13.3. The Hall–Kier alpha value is -2.01. The van der Waals surface area contributed by atoms with Crippen molar-refractivity contribution in [3.8, 4) is 0 Å². The molecule has 0 bridgehead atoms. The van der Waals surface area contributed by atoms with Crippen LogP contribution in [0.3, 0.4) is 0 Å². The molecule has 1 aliphatic rings. The number of ether oxygens (including phenoxy) is 1. The van der Waals surface area contributed by atoms with Gasteiger partial charge in [-0.25, -0.2) is 13.1 Å². The van der Waals surface area contributed by atoms with Crippen molar-refractivity contribution in [2.75, 3.05) is 45.9 Å². The van der Waals surface area contributed by atoms with Crippen molar-refractivity contribution in [1.82, 2.24) is 19.8 Å². The van der Waals surface area contributed by atoms with Gasteiger partial charge in [-0.05, 0) is 39.3 Å². The summed E-state index contributed by atoms with van der Waals surface area (Å²) in [4.78, 5) is 30.1. The molecule has 2 amide bonds. The highest BCUT2D eigenvalue weighted by Crippen LogP contribution is 2.13. The average Bonchev–Trinajstić information content (AvgIpc) is 2.77. The first-order valence-electron chi connectivity index (χ1n) is 11.5. The lowest BCUT2D eigenvalue weighted by molar-refractivity contribution is -0.141. The first-order valence-corrected chi connectivity index (χ1v) is 13.0. The molecule has 2 N–H and O–H groups in total. The Kier molecular flexibility index (Phi) is 10.3. The van der Waals surface area contributed by atoms with Gasteiger partial charge in [-0.15, -0.1) is 0 Å². The molecular weight excluding hydrogens is 444 g/mol. The Morgan fingerprint density at radius 3 is 2.36 bits per heavy atom. The number of hydrogen-bond donors (Lipinski definition) is 2. The zero-order valence-electron chi connectivity index (χ0n) is 20.2. The van der Waals surface area contributed by atoms with Crippen molar-refractivity contribution >= 4 is 21.8 Å². The Morgan fingerprint density at radius 1 is 1.15 bits per heavy atom. The lowest BCUT2D eigenvalue weighted by Crippen LogP contribution is -2.57. The number of rotatable bonds is 11. The van der Waals surface area contributed by atoms with Crippen LogP contribution in [0.5, 0.6) is 0 Å². The summed E-state index contributed by atoms with van der Waals surface area (Å²) in [7, 11) is -3.84. The van der Waals surface area contributed by atoms with Gasteiger partial charge >= 0.3 is 0 Å². The molecule has 0 aliphatic carbocycles. The third-order valence-corrected chi connectivity index (χ3v) is 6.70. The zero-order chi connectivity index (χ0) is 24.5. The van der Waals surface area contributed by atoms with E-state index in [1.807, 2.05) is 27.7 Å². The van der Waals surface area contributed by atoms with E-state index in [1.165, 1.54) is 17.0 Å². The lowest BCUT2D eigenvalue weighted by atomic mass is 10.0. The molecule has 1 unspecified atom stereocenters. The summed E-state index contributed by atoms with van der Waals surface area (Å²) in [6.45, 7) is 10.9. The number of benzene rings is 1. The summed E-state index contributed by atoms with van der Waals surface area (Å²) in [6.07, 6.45) is 1.20. The summed E-state index contributed by atoms with van der Waals surface area (Å²) >= 11 is 0. The zero-order valence-corrected chi connectivity index (χ0v) is 21.0. The molecule has 10 heteroatoms. The van der Waals surface area contributed by atoms with E-state index in [1.54, 1.807) is 18.2 Å². The van der Waals surface area contributed by atoms with E-state index >= 15 is 0 Å². The monoisotopic (exact) mass is 482 g/mol. The fourth-order valence-corrected chi connectivity index (χ4v) is 4.62. The van der Waals surface area contributed by atoms with E-state index < -0.39 is 34.1 Å². The maximum absolute atomic E-state index is 13.3. The first kappa shape index (κ1) is 27.2. The number of morpholine rings is 1. The minimum Gasteiger partial charge on any atom is -0.379 e. The summed E-state index contributed by atoms with van der Waals surface area (Å²) in [5, 5.41) is 2.97. The van der Waals surface area contributed by atoms with Crippen LogP contribution in [0, 0.1) is 0 Å². The highest BCUT2D eigenvalue weighted by molar-refractivity contribution is 7.89. The third kappa shape index (κ3) is 9.04. The second-order valence-electron chi connectivity index (χ2n) is 9.22. The molecule has 1 fully saturated rings. The Labute approximate surface area is 197 Å². The summed E-state index contributed by atoms with van der Waals surface area (Å²) < 4.78 is 33.0. The minimum atomic E-state index is -3.84. The maximum Gasteiger partial charge on any atom is 0.243 e. The van der Waals surface area contributed by atoms with E-state index in [4.69, 9.17) is 4.74 Å². The van der Waals surface area contributed by atoms with Gasteiger partial charge in [0.25, 0.3) is 0 Å². The Balaban J connectivity index is 2.17. The smallest absolute Gasteiger partial charge is 0.243 e. The number of hydrogen-bond acceptors (Lipinski definition) is 6. The van der Waals surface area contributed by atoms with Gasteiger partial charge in [-0.3, -0.25) is 14.5 Å². The quantitative estimate of drug-likeness (QED) is 0.491. The van der Waals surface area contributed by atoms with E-state index in [-0.39, 0.29) is 10.8 Å². The van der Waals surface area contributed by atoms with Gasteiger partial charge in [0.2, 0.25) is 21.8 Å². The Bertz CT molecular complexity index is 865. The second-order valence-corrected chi connectivity index (χ2v) is 11.0. The van der Waals surface area contributed by atoms with Gasteiger partial charge in [-0.2, -0.15) is 0 Å². The first-order chi connectivity index (χ1) is 15.5.